The van der Waals surface area contributed by atoms with Gasteiger partial charge in [0.2, 0.25) is 0 Å². The highest BCUT2D eigenvalue weighted by Crippen LogP contribution is 2.32. The summed E-state index contributed by atoms with van der Waals surface area (Å²) in [5, 5.41) is 31.2. The number of hydrogen-bond acceptors (Lipinski definition) is 9. The van der Waals surface area contributed by atoms with Gasteiger partial charge in [0, 0.05) is 52.6 Å². The Kier molecular flexibility index (Phi) is 12.6. The molecule has 0 aliphatic heterocycles. The molecule has 11 heteroatoms. The monoisotopic (exact) mass is 766 g/mol. The normalized spacial score (nSPS) is 11.3. The van der Waals surface area contributed by atoms with Gasteiger partial charge in [0.1, 0.15) is 34.0 Å². The zero-order valence-electron chi connectivity index (χ0n) is 28.7. The van der Waals surface area contributed by atoms with Crippen LogP contribution < -0.4 is 16.9 Å². The maximum Gasteiger partial charge on any atom is 0.336 e. The topological polar surface area (TPSA) is 151 Å². The van der Waals surface area contributed by atoms with E-state index in [1.165, 1.54) is 36.4 Å². The Morgan fingerprint density at radius 1 is 0.560 bits per heavy atom. The molecule has 50 heavy (non-hydrogen) atoms. The van der Waals surface area contributed by atoms with E-state index in [0.29, 0.717) is 39.0 Å². The summed E-state index contributed by atoms with van der Waals surface area (Å²) in [6.45, 7) is 12.5. The fraction of sp³-hybridized carbons (Fsp3) is 0.308. The van der Waals surface area contributed by atoms with Crippen molar-refractivity contribution in [2.24, 2.45) is 17.8 Å². The molecule has 0 amide bonds. The molecular formula is C39H40BrClO9. The molecule has 3 N–H and O–H groups in total. The zero-order chi connectivity index (χ0) is 36.9. The SMILES string of the molecule is CC(C)Cc1cc(=O)oc2cc(O)c(Br)cc12.CC(C)Cc1cc(=O)oc2cc(O)c(Cl)cc12.CC(C)Cc1cc(=O)oc2cc(O)ccc12. The van der Waals surface area contributed by atoms with Gasteiger partial charge in [-0.3, -0.25) is 0 Å². The third-order valence-corrected chi connectivity index (χ3v) is 8.43. The number of hydrogen-bond donors (Lipinski definition) is 3. The lowest BCUT2D eigenvalue weighted by Gasteiger charge is -2.08. The second-order valence-electron chi connectivity index (χ2n) is 13.3. The molecule has 0 aliphatic carbocycles. The summed E-state index contributed by atoms with van der Waals surface area (Å²) in [7, 11) is 0. The van der Waals surface area contributed by atoms with E-state index in [9.17, 15) is 29.7 Å². The summed E-state index contributed by atoms with van der Waals surface area (Å²) < 4.78 is 15.8. The number of benzene rings is 3. The predicted molar refractivity (Wildman–Crippen MR) is 201 cm³/mol. The van der Waals surface area contributed by atoms with E-state index >= 15 is 0 Å². The molecule has 3 aromatic heterocycles. The maximum absolute atomic E-state index is 11.4. The van der Waals surface area contributed by atoms with Crippen LogP contribution in [0.3, 0.4) is 0 Å². The smallest absolute Gasteiger partial charge is 0.336 e. The van der Waals surface area contributed by atoms with E-state index in [0.717, 1.165) is 52.1 Å². The molecule has 0 atom stereocenters. The minimum atomic E-state index is -0.408. The minimum absolute atomic E-state index is 0.0716. The first-order valence-electron chi connectivity index (χ1n) is 16.2. The van der Waals surface area contributed by atoms with Gasteiger partial charge >= 0.3 is 16.9 Å². The Morgan fingerprint density at radius 2 is 0.960 bits per heavy atom. The maximum atomic E-state index is 11.4. The number of rotatable bonds is 6. The fourth-order valence-electron chi connectivity index (χ4n) is 5.52. The highest BCUT2D eigenvalue weighted by molar-refractivity contribution is 9.10. The third kappa shape index (κ3) is 10.0. The van der Waals surface area contributed by atoms with Gasteiger partial charge in [-0.2, -0.15) is 0 Å². The van der Waals surface area contributed by atoms with Crippen molar-refractivity contribution < 1.29 is 28.6 Å². The predicted octanol–water partition coefficient (Wildman–Crippen LogP) is 9.51. The van der Waals surface area contributed by atoms with E-state index in [4.69, 9.17) is 24.9 Å². The molecule has 0 saturated heterocycles. The van der Waals surface area contributed by atoms with Gasteiger partial charge in [-0.1, -0.05) is 53.1 Å². The third-order valence-electron chi connectivity index (χ3n) is 7.49. The summed E-state index contributed by atoms with van der Waals surface area (Å²) in [6, 6.07) is 15.6. The van der Waals surface area contributed by atoms with Crippen LogP contribution in [0.15, 0.2) is 92.8 Å². The van der Waals surface area contributed by atoms with E-state index < -0.39 is 5.63 Å². The van der Waals surface area contributed by atoms with Crippen molar-refractivity contribution in [3.8, 4) is 17.2 Å². The molecule has 264 valence electrons. The van der Waals surface area contributed by atoms with Gasteiger partial charge in [-0.25, -0.2) is 14.4 Å². The standard InChI is InChI=1S/C13H13BrO3.C13H13ClO3.C13H14O3/c2*1-7(2)3-8-4-13(16)17-12-6-11(15)10(14)5-9(8)12;1-8(2)5-9-6-13(15)16-12-7-10(14)3-4-11(9)12/h2*4-7,15H,3H2,1-2H3;3-4,6-8,14H,5H2,1-2H3. The van der Waals surface area contributed by atoms with E-state index in [-0.39, 0.29) is 33.5 Å². The Morgan fingerprint density at radius 3 is 1.42 bits per heavy atom. The highest BCUT2D eigenvalue weighted by atomic mass is 79.9. The Labute approximate surface area is 301 Å². The van der Waals surface area contributed by atoms with Crippen molar-refractivity contribution in [1.82, 2.24) is 0 Å². The Balaban J connectivity index is 0.000000169. The molecule has 9 nitrogen and oxygen atoms in total. The molecule has 0 spiro atoms. The molecule has 0 radical (unpaired) electrons. The van der Waals surface area contributed by atoms with Crippen LogP contribution in [0.25, 0.3) is 32.9 Å². The van der Waals surface area contributed by atoms with Crippen molar-refractivity contribution in [3.05, 3.63) is 118 Å². The lowest BCUT2D eigenvalue weighted by molar-refractivity contribution is 0.469. The van der Waals surface area contributed by atoms with E-state index in [1.807, 2.05) is 0 Å². The average Bonchev–Trinajstić information content (AvgIpc) is 2.98. The number of phenols is 3. The van der Waals surface area contributed by atoms with E-state index in [2.05, 4.69) is 57.5 Å². The van der Waals surface area contributed by atoms with Crippen LogP contribution in [-0.2, 0) is 19.3 Å². The summed E-state index contributed by atoms with van der Waals surface area (Å²) in [5.41, 5.74) is 2.91. The first kappa shape index (κ1) is 38.3. The highest BCUT2D eigenvalue weighted by Gasteiger charge is 2.12. The summed E-state index contributed by atoms with van der Waals surface area (Å²) >= 11 is 9.13. The first-order valence-corrected chi connectivity index (χ1v) is 17.3. The average molecular weight is 768 g/mol. The van der Waals surface area contributed by atoms with Gasteiger partial charge < -0.3 is 28.6 Å². The van der Waals surface area contributed by atoms with Gasteiger partial charge in [-0.05, 0) is 93.9 Å². The molecule has 0 bridgehead atoms. The van der Waals surface area contributed by atoms with Crippen LogP contribution in [0, 0.1) is 17.8 Å². The number of aromatic hydroxyl groups is 3. The van der Waals surface area contributed by atoms with Crippen LogP contribution in [0.4, 0.5) is 0 Å². The van der Waals surface area contributed by atoms with Gasteiger partial charge in [0.15, 0.2) is 0 Å². The fourth-order valence-corrected chi connectivity index (χ4v) is 6.02. The van der Waals surface area contributed by atoms with Crippen LogP contribution >= 0.6 is 27.5 Å². The molecule has 0 fully saturated rings. The molecule has 3 aromatic carbocycles. The van der Waals surface area contributed by atoms with Crippen LogP contribution in [0.1, 0.15) is 58.2 Å². The molecular weight excluding hydrogens is 728 g/mol. The molecule has 6 rings (SSSR count). The quantitative estimate of drug-likeness (QED) is 0.141. The Bertz CT molecular complexity index is 2210. The van der Waals surface area contributed by atoms with Gasteiger partial charge in [0.25, 0.3) is 0 Å². The summed E-state index contributed by atoms with van der Waals surface area (Å²) in [4.78, 5) is 34.2. The molecule has 0 aliphatic rings. The second-order valence-corrected chi connectivity index (χ2v) is 14.6. The van der Waals surface area contributed by atoms with E-state index in [1.54, 1.807) is 24.3 Å². The van der Waals surface area contributed by atoms with Crippen molar-refractivity contribution in [1.29, 1.82) is 0 Å². The Hall–Kier alpha value is -4.54. The van der Waals surface area contributed by atoms with Crippen molar-refractivity contribution in [2.45, 2.75) is 60.8 Å². The summed E-state index contributed by atoms with van der Waals surface area (Å²) in [5.74, 6) is 1.45. The second kappa shape index (κ2) is 16.4. The van der Waals surface area contributed by atoms with Crippen LogP contribution in [0.2, 0.25) is 5.02 Å². The molecule has 0 unspecified atom stereocenters. The van der Waals surface area contributed by atoms with Gasteiger partial charge in [-0.15, -0.1) is 0 Å². The zero-order valence-corrected chi connectivity index (χ0v) is 31.0. The largest absolute Gasteiger partial charge is 0.508 e. The first-order chi connectivity index (χ1) is 23.5. The van der Waals surface area contributed by atoms with Crippen LogP contribution in [0.5, 0.6) is 17.2 Å². The summed E-state index contributed by atoms with van der Waals surface area (Å²) in [6.07, 6.45) is 2.40. The van der Waals surface area contributed by atoms with Crippen molar-refractivity contribution in [3.63, 3.8) is 0 Å². The minimum Gasteiger partial charge on any atom is -0.508 e. The number of fused-ring (bicyclic) bond motifs is 3. The lowest BCUT2D eigenvalue weighted by Crippen LogP contribution is -2.03. The number of halogens is 2. The van der Waals surface area contributed by atoms with Crippen molar-refractivity contribution in [2.75, 3.05) is 0 Å². The molecule has 3 heterocycles. The number of phenolic OH excluding ortho intramolecular Hbond substituents is 3. The molecule has 6 aromatic rings. The van der Waals surface area contributed by atoms with Crippen LogP contribution in [-0.4, -0.2) is 15.3 Å². The van der Waals surface area contributed by atoms with Crippen molar-refractivity contribution >= 4 is 60.4 Å². The lowest BCUT2D eigenvalue weighted by atomic mass is 10.00. The van der Waals surface area contributed by atoms with Gasteiger partial charge in [0.05, 0.1) is 9.50 Å². The molecule has 0 saturated carbocycles.